The van der Waals surface area contributed by atoms with Gasteiger partial charge in [0.15, 0.2) is 0 Å². The largest absolute Gasteiger partial charge is 0.480 e. The van der Waals surface area contributed by atoms with Crippen molar-refractivity contribution in [2.24, 2.45) is 11.7 Å². The Bertz CT molecular complexity index is 556. The number of carbonyl (C=O) groups excluding carboxylic acids is 3. The van der Waals surface area contributed by atoms with Crippen LogP contribution in [0.3, 0.4) is 0 Å². The molecule has 5 N–H and O–H groups in total. The smallest absolute Gasteiger partial charge is 0.326 e. The zero-order valence-electron chi connectivity index (χ0n) is 13.5. The monoisotopic (exact) mass is 337 g/mol. The van der Waals surface area contributed by atoms with Gasteiger partial charge in [-0.2, -0.15) is 0 Å². The van der Waals surface area contributed by atoms with Crippen LogP contribution in [0, 0.1) is 5.92 Å². The van der Waals surface area contributed by atoms with Gasteiger partial charge in [-0.3, -0.25) is 14.4 Å². The predicted molar refractivity (Wildman–Crippen MR) is 86.9 cm³/mol. The molecular weight excluding hydrogens is 314 g/mol. The summed E-state index contributed by atoms with van der Waals surface area (Å²) in [7, 11) is 0. The number of nitrogens with two attached hydrogens (primary N) is 1. The fourth-order valence-electron chi connectivity index (χ4n) is 2.28. The molecule has 1 rings (SSSR count). The lowest BCUT2D eigenvalue weighted by Gasteiger charge is -2.22. The fraction of sp³-hybridized carbons (Fsp3) is 0.500. The van der Waals surface area contributed by atoms with Crippen molar-refractivity contribution in [3.63, 3.8) is 0 Å². The van der Waals surface area contributed by atoms with E-state index >= 15 is 0 Å². The van der Waals surface area contributed by atoms with Crippen LogP contribution >= 0.6 is 0 Å². The number of hydrogen-bond acceptors (Lipinski definition) is 5. The second kappa shape index (κ2) is 9.61. The summed E-state index contributed by atoms with van der Waals surface area (Å²) in [6, 6.07) is -2.00. The molecule has 0 radical (unpaired) electrons. The highest BCUT2D eigenvalue weighted by Gasteiger charge is 2.28. The molecule has 0 aromatic rings. The normalized spacial score (nSPS) is 18.5. The number of rotatable bonds is 9. The Kier molecular flexibility index (Phi) is 7.84. The zero-order chi connectivity index (χ0) is 18.1. The van der Waals surface area contributed by atoms with Crippen LogP contribution in [0.2, 0.25) is 0 Å². The van der Waals surface area contributed by atoms with Crippen LogP contribution in [0.1, 0.15) is 26.2 Å². The molecule has 0 heterocycles. The molecule has 0 fully saturated rings. The second-order valence-electron chi connectivity index (χ2n) is 5.54. The molecule has 0 saturated heterocycles. The van der Waals surface area contributed by atoms with Gasteiger partial charge < -0.3 is 21.5 Å². The van der Waals surface area contributed by atoms with Crippen molar-refractivity contribution in [1.29, 1.82) is 0 Å². The van der Waals surface area contributed by atoms with Crippen molar-refractivity contribution in [3.05, 3.63) is 24.3 Å². The van der Waals surface area contributed by atoms with Gasteiger partial charge >= 0.3 is 5.97 Å². The summed E-state index contributed by atoms with van der Waals surface area (Å²) >= 11 is 0. The SMILES string of the molecule is CCCC(N)C(=O)C(=O)NCC(=O)NC(C(=O)O)C1C=CC=CC1. The minimum absolute atomic E-state index is 0.369. The van der Waals surface area contributed by atoms with Crippen LogP contribution < -0.4 is 16.4 Å². The molecule has 2 amide bonds. The summed E-state index contributed by atoms with van der Waals surface area (Å²) < 4.78 is 0. The van der Waals surface area contributed by atoms with Gasteiger partial charge in [0, 0.05) is 5.92 Å². The van der Waals surface area contributed by atoms with E-state index in [1.807, 2.05) is 13.0 Å². The van der Waals surface area contributed by atoms with E-state index in [4.69, 9.17) is 5.73 Å². The number of amides is 2. The Morgan fingerprint density at radius 2 is 2.00 bits per heavy atom. The molecule has 1 aliphatic carbocycles. The van der Waals surface area contributed by atoms with Gasteiger partial charge in [-0.05, 0) is 12.8 Å². The third-order valence-corrected chi connectivity index (χ3v) is 3.59. The van der Waals surface area contributed by atoms with Crippen LogP contribution in [0.5, 0.6) is 0 Å². The second-order valence-corrected chi connectivity index (χ2v) is 5.54. The molecule has 3 atom stereocenters. The van der Waals surface area contributed by atoms with E-state index in [9.17, 15) is 24.3 Å². The number of nitrogens with one attached hydrogen (secondary N) is 2. The van der Waals surface area contributed by atoms with E-state index in [0.29, 0.717) is 19.3 Å². The van der Waals surface area contributed by atoms with E-state index < -0.39 is 42.2 Å². The van der Waals surface area contributed by atoms with E-state index in [1.165, 1.54) is 0 Å². The van der Waals surface area contributed by atoms with Crippen LogP contribution in [-0.2, 0) is 19.2 Å². The molecule has 0 bridgehead atoms. The highest BCUT2D eigenvalue weighted by molar-refractivity contribution is 6.38. The third-order valence-electron chi connectivity index (χ3n) is 3.59. The Morgan fingerprint density at radius 3 is 2.54 bits per heavy atom. The number of hydrogen-bond donors (Lipinski definition) is 4. The van der Waals surface area contributed by atoms with Crippen molar-refractivity contribution in [1.82, 2.24) is 10.6 Å². The first-order valence-electron chi connectivity index (χ1n) is 7.80. The van der Waals surface area contributed by atoms with E-state index in [2.05, 4.69) is 10.6 Å². The minimum Gasteiger partial charge on any atom is -0.480 e. The maximum absolute atomic E-state index is 11.8. The van der Waals surface area contributed by atoms with Crippen molar-refractivity contribution in [3.8, 4) is 0 Å². The highest BCUT2D eigenvalue weighted by atomic mass is 16.4. The van der Waals surface area contributed by atoms with Crippen LogP contribution in [0.4, 0.5) is 0 Å². The minimum atomic E-state index is -1.17. The summed E-state index contributed by atoms with van der Waals surface area (Å²) in [5, 5.41) is 13.8. The zero-order valence-corrected chi connectivity index (χ0v) is 13.5. The molecular formula is C16H23N3O5. The summed E-state index contributed by atoms with van der Waals surface area (Å²) in [5.74, 6) is -3.96. The van der Waals surface area contributed by atoms with Gasteiger partial charge in [-0.15, -0.1) is 0 Å². The van der Waals surface area contributed by atoms with Crippen molar-refractivity contribution < 1.29 is 24.3 Å². The van der Waals surface area contributed by atoms with Crippen molar-refractivity contribution in [2.75, 3.05) is 6.54 Å². The first-order valence-corrected chi connectivity index (χ1v) is 7.80. The lowest BCUT2D eigenvalue weighted by atomic mass is 9.92. The molecule has 8 heteroatoms. The lowest BCUT2D eigenvalue weighted by Crippen LogP contribution is -2.50. The molecule has 0 aliphatic heterocycles. The van der Waals surface area contributed by atoms with E-state index in [-0.39, 0.29) is 5.92 Å². The molecule has 1 aliphatic rings. The van der Waals surface area contributed by atoms with Gasteiger partial charge in [-0.1, -0.05) is 37.6 Å². The lowest BCUT2D eigenvalue weighted by molar-refractivity contribution is -0.143. The first kappa shape index (κ1) is 19.6. The summed E-state index contributed by atoms with van der Waals surface area (Å²) in [6.45, 7) is 1.35. The average Bonchev–Trinajstić information content (AvgIpc) is 2.57. The summed E-state index contributed by atoms with van der Waals surface area (Å²) in [4.78, 5) is 46.4. The Morgan fingerprint density at radius 1 is 1.29 bits per heavy atom. The van der Waals surface area contributed by atoms with Crippen molar-refractivity contribution >= 4 is 23.6 Å². The van der Waals surface area contributed by atoms with Gasteiger partial charge in [0.2, 0.25) is 11.7 Å². The van der Waals surface area contributed by atoms with Gasteiger partial charge in [0.1, 0.15) is 6.04 Å². The average molecular weight is 337 g/mol. The Labute approximate surface area is 140 Å². The molecule has 0 aromatic carbocycles. The third kappa shape index (κ3) is 5.96. The summed E-state index contributed by atoms with van der Waals surface area (Å²) in [5.41, 5.74) is 5.55. The van der Waals surface area contributed by atoms with Crippen molar-refractivity contribution in [2.45, 2.75) is 38.3 Å². The van der Waals surface area contributed by atoms with E-state index in [1.54, 1.807) is 18.2 Å². The highest BCUT2D eigenvalue weighted by Crippen LogP contribution is 2.16. The number of carbonyl (C=O) groups is 4. The fourth-order valence-corrected chi connectivity index (χ4v) is 2.28. The predicted octanol–water partition coefficient (Wildman–Crippen LogP) is -0.499. The van der Waals surface area contributed by atoms with Crippen LogP contribution in [-0.4, -0.2) is 47.3 Å². The first-order chi connectivity index (χ1) is 11.4. The van der Waals surface area contributed by atoms with Gasteiger partial charge in [0.05, 0.1) is 12.6 Å². The number of carboxylic acid groups (broad SMARTS) is 1. The molecule has 8 nitrogen and oxygen atoms in total. The van der Waals surface area contributed by atoms with Gasteiger partial charge in [-0.25, -0.2) is 4.79 Å². The number of aliphatic carboxylic acids is 1. The quantitative estimate of drug-likeness (QED) is 0.418. The topological polar surface area (TPSA) is 139 Å². The molecule has 0 spiro atoms. The molecule has 24 heavy (non-hydrogen) atoms. The van der Waals surface area contributed by atoms with Crippen LogP contribution in [0.25, 0.3) is 0 Å². The molecule has 132 valence electrons. The van der Waals surface area contributed by atoms with Crippen LogP contribution in [0.15, 0.2) is 24.3 Å². The number of allylic oxidation sites excluding steroid dienone is 3. The molecule has 3 unspecified atom stereocenters. The Hall–Kier alpha value is -2.48. The Balaban J connectivity index is 2.50. The summed E-state index contributed by atoms with van der Waals surface area (Å²) in [6.07, 6.45) is 8.54. The van der Waals surface area contributed by atoms with Gasteiger partial charge in [0.25, 0.3) is 5.91 Å². The molecule has 0 saturated carbocycles. The maximum Gasteiger partial charge on any atom is 0.326 e. The number of carboxylic acids is 1. The van der Waals surface area contributed by atoms with E-state index in [0.717, 1.165) is 0 Å². The standard InChI is InChI=1S/C16H23N3O5/c1-2-6-11(17)14(21)15(22)18-9-12(20)19-13(16(23)24)10-7-4-3-5-8-10/h3-5,7,10-11,13H,2,6,8-9,17H2,1H3,(H,18,22)(H,19,20)(H,23,24). The maximum atomic E-state index is 11.8. The molecule has 0 aromatic heterocycles. The number of Topliss-reactive ketones (excluding diaryl/α,β-unsaturated/α-hetero) is 1. The number of ketones is 1.